The maximum atomic E-state index is 11.3. The van der Waals surface area contributed by atoms with Crippen molar-refractivity contribution in [2.75, 3.05) is 7.11 Å². The second-order valence-corrected chi connectivity index (χ2v) is 5.47. The summed E-state index contributed by atoms with van der Waals surface area (Å²) in [6, 6.07) is 4.27. The van der Waals surface area contributed by atoms with Gasteiger partial charge in [-0.3, -0.25) is 4.98 Å². The molecule has 0 bridgehead atoms. The molecule has 1 aromatic heterocycles. The van der Waals surface area contributed by atoms with E-state index < -0.39 is 0 Å². The molecule has 0 aromatic carbocycles. The predicted molar refractivity (Wildman–Crippen MR) is 78.5 cm³/mol. The van der Waals surface area contributed by atoms with Crippen molar-refractivity contribution in [2.24, 2.45) is 5.92 Å². The van der Waals surface area contributed by atoms with Crippen LogP contribution in [0, 0.1) is 5.92 Å². The number of esters is 1. The highest BCUT2D eigenvalue weighted by Gasteiger charge is 2.22. The Morgan fingerprint density at radius 1 is 1.40 bits per heavy atom. The molecule has 0 saturated heterocycles. The Hall–Kier alpha value is -1.42. The molecule has 20 heavy (non-hydrogen) atoms. The van der Waals surface area contributed by atoms with E-state index in [1.54, 1.807) is 12.3 Å². The molecule has 0 amide bonds. The number of carbonyl (C=O) groups is 1. The van der Waals surface area contributed by atoms with Crippen LogP contribution in [0.4, 0.5) is 0 Å². The van der Waals surface area contributed by atoms with Gasteiger partial charge in [-0.2, -0.15) is 0 Å². The molecule has 0 radical (unpaired) electrons. The lowest BCUT2D eigenvalue weighted by Crippen LogP contribution is -2.38. The molecule has 4 nitrogen and oxygen atoms in total. The van der Waals surface area contributed by atoms with Gasteiger partial charge in [-0.25, -0.2) is 4.79 Å². The zero-order chi connectivity index (χ0) is 14.4. The van der Waals surface area contributed by atoms with Gasteiger partial charge >= 0.3 is 5.97 Å². The molecule has 1 N–H and O–H groups in total. The zero-order valence-corrected chi connectivity index (χ0v) is 12.4. The van der Waals surface area contributed by atoms with Crippen molar-refractivity contribution in [1.82, 2.24) is 10.3 Å². The van der Waals surface area contributed by atoms with Crippen LogP contribution < -0.4 is 5.32 Å². The van der Waals surface area contributed by atoms with Gasteiger partial charge in [-0.15, -0.1) is 0 Å². The van der Waals surface area contributed by atoms with Gasteiger partial charge in [0.1, 0.15) is 0 Å². The first-order chi connectivity index (χ1) is 9.74. The van der Waals surface area contributed by atoms with E-state index in [-0.39, 0.29) is 5.97 Å². The van der Waals surface area contributed by atoms with Crippen molar-refractivity contribution in [3.63, 3.8) is 0 Å². The van der Waals surface area contributed by atoms with Crippen LogP contribution in [0.25, 0.3) is 0 Å². The normalized spacial score (nSPS) is 22.5. The van der Waals surface area contributed by atoms with Crippen LogP contribution >= 0.6 is 0 Å². The Balaban J connectivity index is 1.88. The maximum Gasteiger partial charge on any atom is 0.339 e. The van der Waals surface area contributed by atoms with Crippen LogP contribution in [-0.4, -0.2) is 24.1 Å². The first-order valence-electron chi connectivity index (χ1n) is 7.51. The zero-order valence-electron chi connectivity index (χ0n) is 12.4. The molecule has 2 unspecified atom stereocenters. The van der Waals surface area contributed by atoms with Crippen molar-refractivity contribution >= 4 is 5.97 Å². The minimum absolute atomic E-state index is 0.338. The molecule has 1 aromatic rings. The van der Waals surface area contributed by atoms with E-state index in [1.807, 2.05) is 6.07 Å². The van der Waals surface area contributed by atoms with Gasteiger partial charge in [0.05, 0.1) is 18.4 Å². The highest BCUT2D eigenvalue weighted by atomic mass is 16.5. The Morgan fingerprint density at radius 3 is 2.85 bits per heavy atom. The molecule has 1 aliphatic carbocycles. The molecule has 1 heterocycles. The maximum absolute atomic E-state index is 11.3. The molecule has 4 heteroatoms. The molecular weight excluding hydrogens is 252 g/mol. The van der Waals surface area contributed by atoms with Crippen molar-refractivity contribution < 1.29 is 9.53 Å². The van der Waals surface area contributed by atoms with Crippen LogP contribution in [-0.2, 0) is 11.3 Å². The number of ether oxygens (including phenoxy) is 1. The van der Waals surface area contributed by atoms with Crippen LogP contribution in [0.1, 0.15) is 55.1 Å². The van der Waals surface area contributed by atoms with Gasteiger partial charge in [-0.1, -0.05) is 26.2 Å². The van der Waals surface area contributed by atoms with E-state index in [0.717, 1.165) is 18.2 Å². The van der Waals surface area contributed by atoms with Crippen LogP contribution in [0.5, 0.6) is 0 Å². The van der Waals surface area contributed by atoms with Crippen molar-refractivity contribution in [2.45, 2.75) is 51.6 Å². The van der Waals surface area contributed by atoms with Crippen molar-refractivity contribution in [3.8, 4) is 0 Å². The molecule has 0 aliphatic heterocycles. The summed E-state index contributed by atoms with van der Waals surface area (Å²) in [7, 11) is 1.38. The Bertz CT molecular complexity index is 431. The predicted octanol–water partition coefficient (Wildman–Crippen LogP) is 2.93. The average Bonchev–Trinajstić information content (AvgIpc) is 2.53. The van der Waals surface area contributed by atoms with E-state index in [4.69, 9.17) is 0 Å². The second kappa shape index (κ2) is 7.39. The quantitative estimate of drug-likeness (QED) is 0.840. The van der Waals surface area contributed by atoms with Crippen LogP contribution in [0.3, 0.4) is 0 Å². The van der Waals surface area contributed by atoms with E-state index in [1.165, 1.54) is 39.2 Å². The number of carbonyl (C=O) groups excluding carboxylic acids is 1. The first kappa shape index (κ1) is 15.0. The number of pyridine rings is 1. The minimum atomic E-state index is -0.338. The van der Waals surface area contributed by atoms with Crippen molar-refractivity contribution in [1.29, 1.82) is 0 Å². The van der Waals surface area contributed by atoms with Gasteiger partial charge in [0, 0.05) is 18.8 Å². The largest absolute Gasteiger partial charge is 0.465 e. The van der Waals surface area contributed by atoms with E-state index in [0.29, 0.717) is 11.6 Å². The third-order valence-electron chi connectivity index (χ3n) is 4.22. The fraction of sp³-hybridized carbons (Fsp3) is 0.625. The van der Waals surface area contributed by atoms with Gasteiger partial charge in [0.2, 0.25) is 0 Å². The lowest BCUT2D eigenvalue weighted by atomic mass is 9.83. The molecule has 2 rings (SSSR count). The summed E-state index contributed by atoms with van der Waals surface area (Å²) in [5.41, 5.74) is 1.47. The molecular formula is C16H24N2O2. The van der Waals surface area contributed by atoms with E-state index in [2.05, 4.69) is 22.0 Å². The number of methoxy groups -OCH3 is 1. The molecule has 1 saturated carbocycles. The SMILES string of the molecule is CCC1CCCCC1NCc1ccc(C(=O)OC)cn1. The van der Waals surface area contributed by atoms with Gasteiger partial charge in [0.25, 0.3) is 0 Å². The van der Waals surface area contributed by atoms with Crippen molar-refractivity contribution in [3.05, 3.63) is 29.6 Å². The third kappa shape index (κ3) is 3.79. The summed E-state index contributed by atoms with van der Waals surface area (Å²) in [6.45, 7) is 3.04. The summed E-state index contributed by atoms with van der Waals surface area (Å²) >= 11 is 0. The second-order valence-electron chi connectivity index (χ2n) is 5.47. The monoisotopic (exact) mass is 276 g/mol. The standard InChI is InChI=1S/C16H24N2O2/c1-3-12-6-4-5-7-15(12)18-11-14-9-8-13(10-17-14)16(19)20-2/h8-10,12,15,18H,3-7,11H2,1-2H3. The average molecular weight is 276 g/mol. The van der Waals surface area contributed by atoms with Gasteiger partial charge in [0.15, 0.2) is 0 Å². The Kier molecular flexibility index (Phi) is 5.53. The Morgan fingerprint density at radius 2 is 2.20 bits per heavy atom. The number of nitrogens with zero attached hydrogens (tertiary/aromatic N) is 1. The van der Waals surface area contributed by atoms with Crippen LogP contribution in [0.15, 0.2) is 18.3 Å². The topological polar surface area (TPSA) is 51.2 Å². The summed E-state index contributed by atoms with van der Waals surface area (Å²) in [4.78, 5) is 15.7. The van der Waals surface area contributed by atoms with E-state index >= 15 is 0 Å². The number of hydrogen-bond acceptors (Lipinski definition) is 4. The molecule has 1 fully saturated rings. The fourth-order valence-electron chi connectivity index (χ4n) is 2.97. The highest BCUT2D eigenvalue weighted by Crippen LogP contribution is 2.26. The number of rotatable bonds is 5. The van der Waals surface area contributed by atoms with Crippen LogP contribution in [0.2, 0.25) is 0 Å². The number of hydrogen-bond donors (Lipinski definition) is 1. The molecule has 0 spiro atoms. The molecule has 1 aliphatic rings. The lowest BCUT2D eigenvalue weighted by molar-refractivity contribution is 0.0600. The van der Waals surface area contributed by atoms with E-state index in [9.17, 15) is 4.79 Å². The number of nitrogens with one attached hydrogen (secondary N) is 1. The van der Waals surface area contributed by atoms with Gasteiger partial charge < -0.3 is 10.1 Å². The summed E-state index contributed by atoms with van der Waals surface area (Å²) in [5.74, 6) is 0.452. The smallest absolute Gasteiger partial charge is 0.339 e. The summed E-state index contributed by atoms with van der Waals surface area (Å²) in [5, 5.41) is 3.62. The summed E-state index contributed by atoms with van der Waals surface area (Å²) in [6.07, 6.45) is 8.11. The molecule has 2 atom stereocenters. The number of aromatic nitrogens is 1. The third-order valence-corrected chi connectivity index (χ3v) is 4.22. The lowest BCUT2D eigenvalue weighted by Gasteiger charge is -2.31. The molecule has 110 valence electrons. The fourth-order valence-corrected chi connectivity index (χ4v) is 2.97. The highest BCUT2D eigenvalue weighted by molar-refractivity contribution is 5.88. The first-order valence-corrected chi connectivity index (χ1v) is 7.51. The minimum Gasteiger partial charge on any atom is -0.465 e. The van der Waals surface area contributed by atoms with Gasteiger partial charge in [-0.05, 0) is 30.9 Å². The summed E-state index contributed by atoms with van der Waals surface area (Å²) < 4.78 is 4.67. The Labute approximate surface area is 120 Å².